The Morgan fingerprint density at radius 2 is 2.14 bits per heavy atom. The van der Waals surface area contributed by atoms with Gasteiger partial charge in [0.1, 0.15) is 12.1 Å². The Bertz CT molecular complexity index is 1250. The summed E-state index contributed by atoms with van der Waals surface area (Å²) in [5.74, 6) is -0.0734. The summed E-state index contributed by atoms with van der Waals surface area (Å²) >= 11 is 3.37. The van der Waals surface area contributed by atoms with E-state index in [4.69, 9.17) is 4.74 Å². The zero-order valence-corrected chi connectivity index (χ0v) is 21.3. The van der Waals surface area contributed by atoms with Gasteiger partial charge in [0.25, 0.3) is 5.91 Å². The van der Waals surface area contributed by atoms with Crippen LogP contribution in [0.15, 0.2) is 30.3 Å². The lowest BCUT2D eigenvalue weighted by Crippen LogP contribution is -2.47. The minimum atomic E-state index is -0.599. The molecule has 0 saturated carbocycles. The number of nitrogens with zero attached hydrogens (tertiary/aromatic N) is 2. The van der Waals surface area contributed by atoms with Gasteiger partial charge in [-0.1, -0.05) is 12.1 Å². The maximum absolute atomic E-state index is 12.6. The monoisotopic (exact) mass is 508 g/mol. The molecular formula is C26H28N4O3S2. The highest BCUT2D eigenvalue weighted by atomic mass is 32.1. The smallest absolute Gasteiger partial charge is 0.251 e. The third kappa shape index (κ3) is 5.11. The first-order valence-electron chi connectivity index (χ1n) is 12.0. The third-order valence-corrected chi connectivity index (χ3v) is 8.81. The Kier molecular flexibility index (Phi) is 7.16. The van der Waals surface area contributed by atoms with Crippen molar-refractivity contribution in [1.29, 1.82) is 5.26 Å². The summed E-state index contributed by atoms with van der Waals surface area (Å²) in [6, 6.07) is 12.2. The number of hydrogen-bond donors (Lipinski definition) is 2. The van der Waals surface area contributed by atoms with Crippen LogP contribution in [0.3, 0.4) is 0 Å². The van der Waals surface area contributed by atoms with Crippen LogP contribution in [-0.2, 0) is 27.2 Å². The van der Waals surface area contributed by atoms with E-state index in [-0.39, 0.29) is 11.8 Å². The summed E-state index contributed by atoms with van der Waals surface area (Å²) in [7, 11) is 0. The minimum Gasteiger partial charge on any atom is -0.367 e. The van der Waals surface area contributed by atoms with Crippen LogP contribution in [0.5, 0.6) is 0 Å². The average Bonchev–Trinajstić information content (AvgIpc) is 3.48. The van der Waals surface area contributed by atoms with Gasteiger partial charge in [0, 0.05) is 51.0 Å². The topological polar surface area (TPSA) is 94.5 Å². The number of thiophene rings is 2. The van der Waals surface area contributed by atoms with E-state index < -0.39 is 12.1 Å². The van der Waals surface area contributed by atoms with E-state index in [1.54, 1.807) is 22.7 Å². The van der Waals surface area contributed by atoms with Crippen LogP contribution in [0.2, 0.25) is 0 Å². The minimum absolute atomic E-state index is 0.160. The van der Waals surface area contributed by atoms with E-state index in [9.17, 15) is 14.9 Å². The van der Waals surface area contributed by atoms with E-state index in [0.717, 1.165) is 46.0 Å². The molecule has 0 radical (unpaired) electrons. The highest BCUT2D eigenvalue weighted by Crippen LogP contribution is 2.41. The van der Waals surface area contributed by atoms with Crippen LogP contribution in [0.1, 0.15) is 30.2 Å². The van der Waals surface area contributed by atoms with E-state index >= 15 is 0 Å². The fourth-order valence-corrected chi connectivity index (χ4v) is 7.08. The Hall–Kier alpha value is -2.77. The summed E-state index contributed by atoms with van der Waals surface area (Å²) in [6.07, 6.45) is 2.34. The van der Waals surface area contributed by atoms with E-state index in [1.165, 1.54) is 9.40 Å². The van der Waals surface area contributed by atoms with Crippen molar-refractivity contribution in [3.8, 4) is 16.5 Å². The molecule has 182 valence electrons. The Morgan fingerprint density at radius 3 is 2.94 bits per heavy atom. The SMILES string of the molecule is CCN1C(=O)Cc2ccc(-c3cc4sc(CC(C#N)NC(=O)[C@@H]5CNCCCCO5)cc4s3)cc21. The number of nitriles is 1. The predicted molar refractivity (Wildman–Crippen MR) is 140 cm³/mol. The number of rotatable bonds is 6. The van der Waals surface area contributed by atoms with E-state index in [1.807, 2.05) is 11.8 Å². The first-order chi connectivity index (χ1) is 17.1. The number of hydrogen-bond acceptors (Lipinski definition) is 7. The van der Waals surface area contributed by atoms with Crippen molar-refractivity contribution < 1.29 is 14.3 Å². The number of carbonyl (C=O) groups excluding carboxylic acids is 2. The third-order valence-electron chi connectivity index (χ3n) is 6.44. The molecule has 2 N–H and O–H groups in total. The molecule has 1 fully saturated rings. The molecule has 3 aromatic rings. The Labute approximate surface area is 212 Å². The molecule has 0 bridgehead atoms. The average molecular weight is 509 g/mol. The summed E-state index contributed by atoms with van der Waals surface area (Å²) in [6.45, 7) is 4.59. The molecule has 2 aromatic heterocycles. The summed E-state index contributed by atoms with van der Waals surface area (Å²) in [5, 5.41) is 15.7. The van der Waals surface area contributed by atoms with Crippen LogP contribution in [0, 0.1) is 11.3 Å². The number of anilines is 1. The van der Waals surface area contributed by atoms with Gasteiger partial charge >= 0.3 is 0 Å². The number of ether oxygens (including phenoxy) is 1. The first-order valence-corrected chi connectivity index (χ1v) is 13.7. The van der Waals surface area contributed by atoms with Crippen LogP contribution in [-0.4, -0.2) is 50.2 Å². The van der Waals surface area contributed by atoms with Crippen LogP contribution >= 0.6 is 22.7 Å². The van der Waals surface area contributed by atoms with Gasteiger partial charge in [-0.05, 0) is 55.6 Å². The van der Waals surface area contributed by atoms with Gasteiger partial charge in [-0.15, -0.1) is 22.7 Å². The van der Waals surface area contributed by atoms with Crippen LogP contribution in [0.4, 0.5) is 5.69 Å². The number of amides is 2. The zero-order chi connectivity index (χ0) is 24.4. The lowest BCUT2D eigenvalue weighted by molar-refractivity contribution is -0.133. The van der Waals surface area contributed by atoms with Gasteiger partial charge in [0.2, 0.25) is 5.91 Å². The van der Waals surface area contributed by atoms with Gasteiger partial charge in [-0.2, -0.15) is 5.26 Å². The molecule has 5 rings (SSSR count). The van der Waals surface area contributed by atoms with Crippen LogP contribution in [0.25, 0.3) is 19.8 Å². The molecule has 4 heterocycles. The summed E-state index contributed by atoms with van der Waals surface area (Å²) in [4.78, 5) is 28.9. The molecule has 2 aliphatic heterocycles. The molecule has 1 unspecified atom stereocenters. The number of carbonyl (C=O) groups is 2. The largest absolute Gasteiger partial charge is 0.367 e. The second kappa shape index (κ2) is 10.5. The molecular weight excluding hydrogens is 480 g/mol. The Morgan fingerprint density at radius 1 is 1.29 bits per heavy atom. The van der Waals surface area contributed by atoms with Gasteiger partial charge in [-0.3, -0.25) is 9.59 Å². The lowest BCUT2D eigenvalue weighted by Gasteiger charge is -2.22. The fourth-order valence-electron chi connectivity index (χ4n) is 4.62. The van der Waals surface area contributed by atoms with Crippen LogP contribution < -0.4 is 15.5 Å². The number of likely N-dealkylation sites (N-methyl/N-ethyl adjacent to an activating group) is 1. The van der Waals surface area contributed by atoms with Crippen molar-refractivity contribution in [3.05, 3.63) is 40.8 Å². The number of fused-ring (bicyclic) bond motifs is 2. The van der Waals surface area contributed by atoms with Crippen molar-refractivity contribution in [2.75, 3.05) is 31.1 Å². The molecule has 2 atom stereocenters. The quantitative estimate of drug-likeness (QED) is 0.527. The second-order valence-electron chi connectivity index (χ2n) is 8.88. The molecule has 2 amide bonds. The zero-order valence-electron chi connectivity index (χ0n) is 19.6. The van der Waals surface area contributed by atoms with Crippen molar-refractivity contribution in [2.24, 2.45) is 0 Å². The van der Waals surface area contributed by atoms with Crippen molar-refractivity contribution in [3.63, 3.8) is 0 Å². The Balaban J connectivity index is 1.27. The predicted octanol–water partition coefficient (Wildman–Crippen LogP) is 3.86. The maximum atomic E-state index is 12.6. The van der Waals surface area contributed by atoms with Gasteiger partial charge in [0.15, 0.2) is 0 Å². The van der Waals surface area contributed by atoms with Gasteiger partial charge < -0.3 is 20.3 Å². The molecule has 0 spiro atoms. The molecule has 1 saturated heterocycles. The number of benzene rings is 1. The first kappa shape index (κ1) is 23.9. The second-order valence-corrected chi connectivity index (χ2v) is 11.1. The van der Waals surface area contributed by atoms with E-state index in [0.29, 0.717) is 32.5 Å². The highest BCUT2D eigenvalue weighted by molar-refractivity contribution is 7.29. The summed E-state index contributed by atoms with van der Waals surface area (Å²) < 4.78 is 8.01. The number of nitrogens with one attached hydrogen (secondary N) is 2. The van der Waals surface area contributed by atoms with Crippen molar-refractivity contribution >= 4 is 49.6 Å². The molecule has 35 heavy (non-hydrogen) atoms. The summed E-state index contributed by atoms with van der Waals surface area (Å²) in [5.41, 5.74) is 3.22. The maximum Gasteiger partial charge on any atom is 0.251 e. The molecule has 2 aliphatic rings. The normalized spacial score (nSPS) is 19.1. The van der Waals surface area contributed by atoms with Gasteiger partial charge in [0.05, 0.1) is 12.5 Å². The standard InChI is InChI=1S/C26H28N4O3S2/c1-2-30-20-9-17(6-5-16(20)10-25(30)31)22-13-24-23(35-22)12-19(34-24)11-18(14-27)29-26(32)21-15-28-7-3-4-8-33-21/h5-6,9,12-13,18,21,28H,2-4,7-8,10-11,15H2,1H3,(H,29,32)/t18?,21-/m0/s1. The van der Waals surface area contributed by atoms with Crippen molar-refractivity contribution in [2.45, 2.75) is 44.8 Å². The van der Waals surface area contributed by atoms with E-state index in [2.05, 4.69) is 47.0 Å². The highest BCUT2D eigenvalue weighted by Gasteiger charge is 2.27. The van der Waals surface area contributed by atoms with Gasteiger partial charge in [-0.25, -0.2) is 0 Å². The fraction of sp³-hybridized carbons (Fsp3) is 0.423. The molecule has 7 nitrogen and oxygen atoms in total. The lowest BCUT2D eigenvalue weighted by atomic mass is 10.1. The molecule has 1 aromatic carbocycles. The molecule has 0 aliphatic carbocycles. The van der Waals surface area contributed by atoms with Crippen molar-refractivity contribution in [1.82, 2.24) is 10.6 Å². The molecule has 9 heteroatoms.